The van der Waals surface area contributed by atoms with Crippen LogP contribution in [0, 0.1) is 11.7 Å². The van der Waals surface area contributed by atoms with Gasteiger partial charge in [0.25, 0.3) is 5.91 Å². The number of fused-ring (bicyclic) bond motifs is 1. The van der Waals surface area contributed by atoms with Crippen LogP contribution in [-0.4, -0.2) is 42.0 Å². The second-order valence-corrected chi connectivity index (χ2v) is 6.62. The zero-order valence-electron chi connectivity index (χ0n) is 15.5. The van der Waals surface area contributed by atoms with E-state index in [0.29, 0.717) is 30.3 Å². The molecule has 1 fully saturated rings. The third-order valence-electron chi connectivity index (χ3n) is 4.60. The van der Waals surface area contributed by atoms with Crippen molar-refractivity contribution >= 4 is 28.7 Å². The van der Waals surface area contributed by atoms with Crippen LogP contribution >= 0.6 is 0 Å². The molecule has 1 aliphatic rings. The van der Waals surface area contributed by atoms with Gasteiger partial charge < -0.3 is 20.4 Å². The molecule has 148 valence electrons. The molecule has 1 aromatic heterocycles. The van der Waals surface area contributed by atoms with Gasteiger partial charge in [-0.15, -0.1) is 0 Å². The Morgan fingerprint density at radius 2 is 2.21 bits per heavy atom. The Hall–Kier alpha value is -3.16. The van der Waals surface area contributed by atoms with Gasteiger partial charge in [-0.3, -0.25) is 9.59 Å². The van der Waals surface area contributed by atoms with Gasteiger partial charge in [0.05, 0.1) is 6.61 Å². The van der Waals surface area contributed by atoms with Crippen LogP contribution in [0.1, 0.15) is 30.3 Å². The second kappa shape index (κ2) is 8.69. The maximum absolute atomic E-state index is 13.4. The maximum Gasteiger partial charge on any atom is 0.330 e. The smallest absolute Gasteiger partial charge is 0.330 e. The van der Waals surface area contributed by atoms with E-state index < -0.39 is 17.9 Å². The number of ether oxygens (including phenoxy) is 1. The van der Waals surface area contributed by atoms with Crippen LogP contribution < -0.4 is 10.6 Å². The van der Waals surface area contributed by atoms with E-state index in [1.165, 1.54) is 24.3 Å². The lowest BCUT2D eigenvalue weighted by Crippen LogP contribution is -2.36. The Morgan fingerprint density at radius 3 is 2.93 bits per heavy atom. The first-order chi connectivity index (χ1) is 13.5. The van der Waals surface area contributed by atoms with Crippen molar-refractivity contribution < 1.29 is 23.5 Å². The predicted molar refractivity (Wildman–Crippen MR) is 101 cm³/mol. The molecule has 2 amide bonds. The summed E-state index contributed by atoms with van der Waals surface area (Å²) in [6.07, 6.45) is 3.82. The average Bonchev–Trinajstić information content (AvgIpc) is 3.25. The molecule has 0 spiro atoms. The summed E-state index contributed by atoms with van der Waals surface area (Å²) >= 11 is 0. The highest BCUT2D eigenvalue weighted by Crippen LogP contribution is 2.19. The van der Waals surface area contributed by atoms with Crippen molar-refractivity contribution in [3.63, 3.8) is 0 Å². The lowest BCUT2D eigenvalue weighted by molar-refractivity contribution is -0.137. The number of esters is 1. The number of aromatic amines is 1. The summed E-state index contributed by atoms with van der Waals surface area (Å²) in [7, 11) is 0. The number of hydrogen-bond acceptors (Lipinski definition) is 4. The summed E-state index contributed by atoms with van der Waals surface area (Å²) in [5.74, 6) is -1.62. The number of aromatic nitrogens is 1. The molecule has 2 aromatic rings. The van der Waals surface area contributed by atoms with Crippen LogP contribution in [-0.2, 0) is 14.3 Å². The summed E-state index contributed by atoms with van der Waals surface area (Å²) in [6, 6.07) is 5.23. The Balaban J connectivity index is 1.74. The molecule has 1 saturated heterocycles. The van der Waals surface area contributed by atoms with Crippen molar-refractivity contribution in [3.05, 3.63) is 47.9 Å². The quantitative estimate of drug-likeness (QED) is 0.500. The minimum Gasteiger partial charge on any atom is -0.463 e. The van der Waals surface area contributed by atoms with Gasteiger partial charge in [0.1, 0.15) is 11.5 Å². The molecule has 0 aliphatic carbocycles. The first kappa shape index (κ1) is 19.6. The molecule has 3 N–H and O–H groups in total. The minimum atomic E-state index is -0.533. The normalized spacial score (nSPS) is 17.6. The van der Waals surface area contributed by atoms with Crippen molar-refractivity contribution in [2.24, 2.45) is 5.92 Å². The average molecular weight is 387 g/mol. The van der Waals surface area contributed by atoms with Crippen LogP contribution in [0.4, 0.5) is 4.39 Å². The van der Waals surface area contributed by atoms with Crippen molar-refractivity contribution in [2.75, 3.05) is 13.2 Å². The topological polar surface area (TPSA) is 100 Å². The fourth-order valence-corrected chi connectivity index (χ4v) is 3.22. The Kier molecular flexibility index (Phi) is 6.08. The highest BCUT2D eigenvalue weighted by atomic mass is 19.1. The van der Waals surface area contributed by atoms with Crippen molar-refractivity contribution in [2.45, 2.75) is 25.8 Å². The zero-order chi connectivity index (χ0) is 20.1. The molecular weight excluding hydrogens is 365 g/mol. The molecule has 7 nitrogen and oxygen atoms in total. The minimum absolute atomic E-state index is 0.0649. The van der Waals surface area contributed by atoms with Gasteiger partial charge in [-0.1, -0.05) is 6.08 Å². The molecule has 2 atom stereocenters. The van der Waals surface area contributed by atoms with E-state index in [-0.39, 0.29) is 29.9 Å². The van der Waals surface area contributed by atoms with Crippen molar-refractivity contribution in [1.82, 2.24) is 15.6 Å². The molecule has 0 unspecified atom stereocenters. The van der Waals surface area contributed by atoms with Crippen LogP contribution in [0.5, 0.6) is 0 Å². The molecule has 0 bridgehead atoms. The largest absolute Gasteiger partial charge is 0.463 e. The van der Waals surface area contributed by atoms with Gasteiger partial charge in [-0.25, -0.2) is 9.18 Å². The number of hydrogen-bond donors (Lipinski definition) is 3. The molecular formula is C20H22FN3O4. The molecule has 0 radical (unpaired) electrons. The summed E-state index contributed by atoms with van der Waals surface area (Å²) in [5.41, 5.74) is 0.909. The standard InChI is InChI=1S/C20H22FN3O4/c1-2-28-18(25)6-4-15(10-12-7-8-22-19(12)26)23-20(27)17-11-13-9-14(21)3-5-16(13)24-17/h3-6,9,11-12,15,24H,2,7-8,10H2,1H3,(H,22,26)(H,23,27)/b6-4+/t12-,15+/m0/s1. The monoisotopic (exact) mass is 387 g/mol. The van der Waals surface area contributed by atoms with E-state index in [9.17, 15) is 18.8 Å². The predicted octanol–water partition coefficient (Wildman–Crippen LogP) is 2.05. The first-order valence-corrected chi connectivity index (χ1v) is 9.18. The first-order valence-electron chi connectivity index (χ1n) is 9.18. The molecule has 1 aromatic carbocycles. The number of benzene rings is 1. The molecule has 28 heavy (non-hydrogen) atoms. The van der Waals surface area contributed by atoms with E-state index in [1.807, 2.05) is 0 Å². The summed E-state index contributed by atoms with van der Waals surface area (Å²) in [6.45, 7) is 2.54. The Bertz CT molecular complexity index is 921. The number of nitrogens with one attached hydrogen (secondary N) is 3. The number of carbonyl (C=O) groups excluding carboxylic acids is 3. The summed E-state index contributed by atoms with van der Waals surface area (Å²) < 4.78 is 18.2. The third-order valence-corrected chi connectivity index (χ3v) is 4.60. The summed E-state index contributed by atoms with van der Waals surface area (Å²) in [4.78, 5) is 39.1. The number of carbonyl (C=O) groups is 3. The highest BCUT2D eigenvalue weighted by Gasteiger charge is 2.27. The second-order valence-electron chi connectivity index (χ2n) is 6.62. The Morgan fingerprint density at radius 1 is 1.39 bits per heavy atom. The van der Waals surface area contributed by atoms with Gasteiger partial charge in [-0.05, 0) is 44.0 Å². The van der Waals surface area contributed by atoms with Crippen LogP contribution in [0.3, 0.4) is 0 Å². The van der Waals surface area contributed by atoms with Gasteiger partial charge in [0.2, 0.25) is 5.91 Å². The van der Waals surface area contributed by atoms with Gasteiger partial charge in [-0.2, -0.15) is 0 Å². The highest BCUT2D eigenvalue weighted by molar-refractivity contribution is 5.98. The number of halogens is 1. The Labute approximate surface area is 161 Å². The van der Waals surface area contributed by atoms with Gasteiger partial charge in [0.15, 0.2) is 0 Å². The lowest BCUT2D eigenvalue weighted by atomic mass is 9.98. The van der Waals surface area contributed by atoms with E-state index in [0.717, 1.165) is 0 Å². The van der Waals surface area contributed by atoms with E-state index in [1.54, 1.807) is 19.1 Å². The van der Waals surface area contributed by atoms with Crippen molar-refractivity contribution in [3.8, 4) is 0 Å². The zero-order valence-corrected chi connectivity index (χ0v) is 15.5. The van der Waals surface area contributed by atoms with E-state index in [2.05, 4.69) is 15.6 Å². The van der Waals surface area contributed by atoms with Crippen LogP contribution in [0.25, 0.3) is 10.9 Å². The molecule has 0 saturated carbocycles. The number of amides is 2. The molecule has 8 heteroatoms. The number of H-pyrrole nitrogens is 1. The van der Waals surface area contributed by atoms with Gasteiger partial charge >= 0.3 is 5.97 Å². The lowest BCUT2D eigenvalue weighted by Gasteiger charge is -2.17. The van der Waals surface area contributed by atoms with Crippen LogP contribution in [0.15, 0.2) is 36.4 Å². The van der Waals surface area contributed by atoms with Crippen LogP contribution in [0.2, 0.25) is 0 Å². The van der Waals surface area contributed by atoms with Crippen molar-refractivity contribution in [1.29, 1.82) is 0 Å². The molecule has 1 aliphatic heterocycles. The third kappa shape index (κ3) is 4.76. The SMILES string of the molecule is CCOC(=O)/C=C/[C@H](C[C@@H]1CCNC1=O)NC(=O)c1cc2cc(F)ccc2[nH]1. The van der Waals surface area contributed by atoms with Gasteiger partial charge in [0, 0.05) is 35.5 Å². The fraction of sp³-hybridized carbons (Fsp3) is 0.350. The van der Waals surface area contributed by atoms with E-state index >= 15 is 0 Å². The van der Waals surface area contributed by atoms with E-state index in [4.69, 9.17) is 4.74 Å². The maximum atomic E-state index is 13.4. The molecule has 3 rings (SSSR count). The summed E-state index contributed by atoms with van der Waals surface area (Å²) in [5, 5.41) is 6.16. The molecule has 2 heterocycles. The number of rotatable bonds is 7. The fourth-order valence-electron chi connectivity index (χ4n) is 3.22.